The summed E-state index contributed by atoms with van der Waals surface area (Å²) in [6.45, 7) is 0. The maximum atomic E-state index is 13.1. The number of nitrogens with zero attached hydrogens (tertiary/aromatic N) is 2. The molecule has 1 aromatic carbocycles. The zero-order valence-corrected chi connectivity index (χ0v) is 9.92. The Bertz CT molecular complexity index is 551. The van der Waals surface area contributed by atoms with E-state index in [1.807, 2.05) is 0 Å². The second kappa shape index (κ2) is 3.86. The summed E-state index contributed by atoms with van der Waals surface area (Å²) >= 11 is 3.16. The van der Waals surface area contributed by atoms with Crippen LogP contribution in [0.1, 0.15) is 0 Å². The maximum Gasteiger partial charge on any atom is 0.159 e. The predicted molar refractivity (Wildman–Crippen MR) is 60.7 cm³/mol. The first-order valence-corrected chi connectivity index (χ1v) is 5.22. The summed E-state index contributed by atoms with van der Waals surface area (Å²) in [6, 6.07) is 2.16. The lowest BCUT2D eigenvalue weighted by molar-refractivity contribution is 0.508. The second-order valence-electron chi connectivity index (χ2n) is 3.31. The number of benzene rings is 1. The number of anilines is 1. The number of nitrogens with two attached hydrogens (primary N) is 1. The van der Waals surface area contributed by atoms with Gasteiger partial charge in [-0.2, -0.15) is 5.10 Å². The molecular weight excluding hydrogens is 280 g/mol. The van der Waals surface area contributed by atoms with Gasteiger partial charge in [0.15, 0.2) is 11.6 Å². The molecule has 0 bridgehead atoms. The zero-order valence-electron chi connectivity index (χ0n) is 8.34. The molecule has 0 saturated carbocycles. The van der Waals surface area contributed by atoms with Gasteiger partial charge in [0.2, 0.25) is 0 Å². The van der Waals surface area contributed by atoms with Crippen molar-refractivity contribution in [2.45, 2.75) is 0 Å². The van der Waals surface area contributed by atoms with Gasteiger partial charge in [-0.05, 0) is 12.1 Å². The molecule has 1 heterocycles. The van der Waals surface area contributed by atoms with E-state index in [1.54, 1.807) is 7.05 Å². The third-order valence-electron chi connectivity index (χ3n) is 2.28. The van der Waals surface area contributed by atoms with Crippen LogP contribution in [0.5, 0.6) is 0 Å². The molecule has 0 radical (unpaired) electrons. The van der Waals surface area contributed by atoms with Gasteiger partial charge in [0.25, 0.3) is 0 Å². The Morgan fingerprint density at radius 1 is 1.25 bits per heavy atom. The molecule has 0 aliphatic heterocycles. The van der Waals surface area contributed by atoms with Crippen LogP contribution in [-0.4, -0.2) is 9.78 Å². The van der Waals surface area contributed by atoms with Gasteiger partial charge < -0.3 is 5.73 Å². The van der Waals surface area contributed by atoms with E-state index < -0.39 is 11.6 Å². The molecule has 2 N–H and O–H groups in total. The van der Waals surface area contributed by atoms with Crippen molar-refractivity contribution < 1.29 is 8.78 Å². The van der Waals surface area contributed by atoms with Gasteiger partial charge in [-0.3, -0.25) is 4.68 Å². The first kappa shape index (κ1) is 11.1. The molecule has 2 aromatic rings. The minimum Gasteiger partial charge on any atom is -0.383 e. The Kier molecular flexibility index (Phi) is 2.67. The summed E-state index contributed by atoms with van der Waals surface area (Å²) < 4.78 is 27.9. The molecule has 0 unspecified atom stereocenters. The van der Waals surface area contributed by atoms with Crippen molar-refractivity contribution in [2.24, 2.45) is 7.05 Å². The molecule has 0 aliphatic rings. The van der Waals surface area contributed by atoms with Crippen molar-refractivity contribution in [3.05, 3.63) is 34.4 Å². The molecular formula is C10H8BrF2N3. The van der Waals surface area contributed by atoms with E-state index in [1.165, 1.54) is 10.9 Å². The monoisotopic (exact) mass is 287 g/mol. The van der Waals surface area contributed by atoms with Crippen LogP contribution >= 0.6 is 15.9 Å². The van der Waals surface area contributed by atoms with E-state index in [-0.39, 0.29) is 0 Å². The molecule has 0 spiro atoms. The third-order valence-corrected chi connectivity index (χ3v) is 2.94. The van der Waals surface area contributed by atoms with Gasteiger partial charge in [-0.1, -0.05) is 15.9 Å². The summed E-state index contributed by atoms with van der Waals surface area (Å²) in [5.74, 6) is -1.42. The summed E-state index contributed by atoms with van der Waals surface area (Å²) in [7, 11) is 1.67. The van der Waals surface area contributed by atoms with Gasteiger partial charge >= 0.3 is 0 Å². The van der Waals surface area contributed by atoms with E-state index in [2.05, 4.69) is 21.0 Å². The number of aryl methyl sites for hydroxylation is 1. The molecule has 0 atom stereocenters. The lowest BCUT2D eigenvalue weighted by Crippen LogP contribution is -1.98. The number of halogens is 3. The first-order chi connectivity index (χ1) is 7.50. The number of nitrogen functional groups attached to an aromatic ring is 1. The lowest BCUT2D eigenvalue weighted by atomic mass is 10.1. The van der Waals surface area contributed by atoms with E-state index in [0.717, 1.165) is 12.1 Å². The quantitative estimate of drug-likeness (QED) is 0.820. The molecule has 2 rings (SSSR count). The molecule has 0 aliphatic carbocycles. The minimum atomic E-state index is -0.915. The Morgan fingerprint density at radius 3 is 2.44 bits per heavy atom. The van der Waals surface area contributed by atoms with E-state index in [4.69, 9.17) is 5.73 Å². The average molecular weight is 288 g/mol. The van der Waals surface area contributed by atoms with Crippen LogP contribution in [0.2, 0.25) is 0 Å². The zero-order chi connectivity index (χ0) is 11.9. The predicted octanol–water partition coefficient (Wildman–Crippen LogP) is 2.71. The maximum absolute atomic E-state index is 13.1. The van der Waals surface area contributed by atoms with Crippen molar-refractivity contribution in [1.29, 1.82) is 0 Å². The fraction of sp³-hybridized carbons (Fsp3) is 0.100. The van der Waals surface area contributed by atoms with Crippen LogP contribution in [-0.2, 0) is 7.05 Å². The third kappa shape index (κ3) is 1.69. The van der Waals surface area contributed by atoms with Gasteiger partial charge in [-0.25, -0.2) is 8.78 Å². The highest BCUT2D eigenvalue weighted by atomic mass is 79.9. The van der Waals surface area contributed by atoms with Crippen molar-refractivity contribution in [3.63, 3.8) is 0 Å². The number of hydrogen-bond acceptors (Lipinski definition) is 2. The van der Waals surface area contributed by atoms with Gasteiger partial charge in [0.05, 0.1) is 6.20 Å². The Hall–Kier alpha value is -1.43. The summed E-state index contributed by atoms with van der Waals surface area (Å²) in [5, 5.41) is 3.94. The van der Waals surface area contributed by atoms with Crippen molar-refractivity contribution in [1.82, 2.24) is 9.78 Å². The van der Waals surface area contributed by atoms with E-state index >= 15 is 0 Å². The number of hydrogen-bond donors (Lipinski definition) is 1. The highest BCUT2D eigenvalue weighted by Gasteiger charge is 2.14. The van der Waals surface area contributed by atoms with Crippen molar-refractivity contribution >= 4 is 21.7 Å². The molecule has 0 fully saturated rings. The van der Waals surface area contributed by atoms with E-state index in [0.29, 0.717) is 21.4 Å². The van der Waals surface area contributed by atoms with Crippen molar-refractivity contribution in [2.75, 3.05) is 5.73 Å². The fourth-order valence-electron chi connectivity index (χ4n) is 1.38. The standard InChI is InChI=1S/C10H8BrF2N3/c1-16-10(14)6(4-15-16)5-2-8(12)9(13)3-7(5)11/h2-4H,14H2,1H3. The highest BCUT2D eigenvalue weighted by Crippen LogP contribution is 2.33. The van der Waals surface area contributed by atoms with Gasteiger partial charge in [0, 0.05) is 22.6 Å². The summed E-state index contributed by atoms with van der Waals surface area (Å²) in [5.41, 5.74) is 6.79. The van der Waals surface area contributed by atoms with Crippen LogP contribution in [0.15, 0.2) is 22.8 Å². The molecule has 16 heavy (non-hydrogen) atoms. The van der Waals surface area contributed by atoms with Crippen LogP contribution in [0.4, 0.5) is 14.6 Å². The van der Waals surface area contributed by atoms with Crippen LogP contribution in [0, 0.1) is 11.6 Å². The van der Waals surface area contributed by atoms with Crippen LogP contribution in [0.25, 0.3) is 11.1 Å². The topological polar surface area (TPSA) is 43.8 Å². The molecule has 3 nitrogen and oxygen atoms in total. The molecule has 1 aromatic heterocycles. The SMILES string of the molecule is Cn1ncc(-c2cc(F)c(F)cc2Br)c1N. The molecule has 6 heteroatoms. The smallest absolute Gasteiger partial charge is 0.159 e. The molecule has 84 valence electrons. The normalized spacial score (nSPS) is 10.8. The summed E-state index contributed by atoms with van der Waals surface area (Å²) in [6.07, 6.45) is 1.51. The average Bonchev–Trinajstić information content (AvgIpc) is 2.54. The van der Waals surface area contributed by atoms with Crippen LogP contribution in [0.3, 0.4) is 0 Å². The van der Waals surface area contributed by atoms with Gasteiger partial charge in [0.1, 0.15) is 5.82 Å². The lowest BCUT2D eigenvalue weighted by Gasteiger charge is -2.04. The Labute approximate surface area is 99.0 Å². The number of rotatable bonds is 1. The Morgan fingerprint density at radius 2 is 1.88 bits per heavy atom. The van der Waals surface area contributed by atoms with Crippen molar-refractivity contribution in [3.8, 4) is 11.1 Å². The highest BCUT2D eigenvalue weighted by molar-refractivity contribution is 9.10. The van der Waals surface area contributed by atoms with Gasteiger partial charge in [-0.15, -0.1) is 0 Å². The summed E-state index contributed by atoms with van der Waals surface area (Å²) in [4.78, 5) is 0. The first-order valence-electron chi connectivity index (χ1n) is 4.43. The molecule has 0 amide bonds. The largest absolute Gasteiger partial charge is 0.383 e. The Balaban J connectivity index is 2.65. The number of aromatic nitrogens is 2. The molecule has 0 saturated heterocycles. The van der Waals surface area contributed by atoms with E-state index in [9.17, 15) is 8.78 Å². The second-order valence-corrected chi connectivity index (χ2v) is 4.17. The van der Waals surface area contributed by atoms with Crippen LogP contribution < -0.4 is 5.73 Å². The minimum absolute atomic E-state index is 0.395. The fourth-order valence-corrected chi connectivity index (χ4v) is 1.91.